The molecule has 1 heterocycles. The van der Waals surface area contributed by atoms with Crippen molar-refractivity contribution in [3.63, 3.8) is 0 Å². The molecule has 1 aliphatic rings. The molecule has 0 aromatic heterocycles. The van der Waals surface area contributed by atoms with Crippen molar-refractivity contribution in [2.75, 3.05) is 31.0 Å². The molecular formula is C16H28N4O6S. The maximum absolute atomic E-state index is 10.0. The fourth-order valence-electron chi connectivity index (χ4n) is 2.56. The van der Waals surface area contributed by atoms with Gasteiger partial charge in [0.2, 0.25) is 0 Å². The van der Waals surface area contributed by atoms with Crippen LogP contribution in [0.4, 0.5) is 5.69 Å². The number of ether oxygens (including phenoxy) is 1. The summed E-state index contributed by atoms with van der Waals surface area (Å²) < 4.78 is 12.0. The lowest BCUT2D eigenvalue weighted by Gasteiger charge is -2.39. The van der Waals surface area contributed by atoms with Gasteiger partial charge in [0.1, 0.15) is 36.6 Å². The molecule has 1 aromatic rings. The third-order valence-corrected chi connectivity index (χ3v) is 4.79. The number of nitrogens with two attached hydrogens (primary N) is 1. The molecule has 5 atom stereocenters. The summed E-state index contributed by atoms with van der Waals surface area (Å²) in [6, 6.07) is 6.76. The number of nitrogens with zero attached hydrogens (tertiary/aromatic N) is 1. The van der Waals surface area contributed by atoms with Gasteiger partial charge in [0.05, 0.1) is 6.61 Å². The summed E-state index contributed by atoms with van der Waals surface area (Å²) in [5.41, 5.74) is 9.92. The molecule has 0 amide bonds. The second-order valence-corrected chi connectivity index (χ2v) is 7.02. The van der Waals surface area contributed by atoms with Crippen LogP contribution in [-0.4, -0.2) is 77.8 Å². The Kier molecular flexibility index (Phi) is 9.18. The van der Waals surface area contributed by atoms with E-state index >= 15 is 0 Å². The maximum Gasteiger partial charge on any atom is 0.175 e. The zero-order valence-corrected chi connectivity index (χ0v) is 15.9. The van der Waals surface area contributed by atoms with Crippen LogP contribution in [0.3, 0.4) is 0 Å². The summed E-state index contributed by atoms with van der Waals surface area (Å²) in [6.07, 6.45) is -5.20. The summed E-state index contributed by atoms with van der Waals surface area (Å²) in [5.74, 6) is 0. The van der Waals surface area contributed by atoms with Crippen molar-refractivity contribution >= 4 is 17.9 Å². The van der Waals surface area contributed by atoms with Gasteiger partial charge >= 0.3 is 0 Å². The fourth-order valence-corrected chi connectivity index (χ4v) is 3.03. The molecule has 1 saturated heterocycles. The van der Waals surface area contributed by atoms with Crippen LogP contribution < -0.4 is 20.8 Å². The van der Waals surface area contributed by atoms with Crippen LogP contribution in [0.1, 0.15) is 5.56 Å². The molecule has 1 aromatic carbocycles. The maximum atomic E-state index is 10.0. The summed E-state index contributed by atoms with van der Waals surface area (Å²) in [6.45, 7) is 1.57. The van der Waals surface area contributed by atoms with Gasteiger partial charge in [-0.25, -0.2) is 4.28 Å². The van der Waals surface area contributed by atoms with Gasteiger partial charge in [0.15, 0.2) is 6.29 Å². The topological polar surface area (TPSA) is 153 Å². The van der Waals surface area contributed by atoms with Gasteiger partial charge in [-0.05, 0) is 17.7 Å². The molecule has 154 valence electrons. The largest absolute Gasteiger partial charge is 0.394 e. The molecule has 5 unspecified atom stereocenters. The van der Waals surface area contributed by atoms with E-state index in [1.807, 2.05) is 24.3 Å². The average Bonchev–Trinajstić information content (AvgIpc) is 2.68. The summed E-state index contributed by atoms with van der Waals surface area (Å²) in [5, 5.41) is 42.0. The predicted molar refractivity (Wildman–Crippen MR) is 101 cm³/mol. The number of nitrogens with one attached hydrogen (secondary N) is 2. The number of aliphatic hydroxyl groups is 4. The van der Waals surface area contributed by atoms with Crippen molar-refractivity contribution in [2.24, 2.45) is 5.73 Å². The van der Waals surface area contributed by atoms with E-state index < -0.39 is 37.3 Å². The minimum absolute atomic E-state index is 0.516. The van der Waals surface area contributed by atoms with Crippen LogP contribution in [0.15, 0.2) is 24.3 Å². The van der Waals surface area contributed by atoms with E-state index in [1.165, 1.54) is 0 Å². The number of rotatable bonds is 10. The molecule has 1 aliphatic heterocycles. The highest BCUT2D eigenvalue weighted by Gasteiger charge is 2.44. The Labute approximate surface area is 162 Å². The molecule has 0 bridgehead atoms. The summed E-state index contributed by atoms with van der Waals surface area (Å²) in [7, 11) is 1.79. The van der Waals surface area contributed by atoms with E-state index in [2.05, 4.69) is 10.8 Å². The number of benzene rings is 1. The molecule has 0 aliphatic carbocycles. The molecule has 0 spiro atoms. The van der Waals surface area contributed by atoms with Crippen molar-refractivity contribution in [2.45, 2.75) is 37.2 Å². The second-order valence-electron chi connectivity index (χ2n) is 6.16. The molecule has 10 nitrogen and oxygen atoms in total. The van der Waals surface area contributed by atoms with Crippen LogP contribution in [-0.2, 0) is 15.6 Å². The average molecular weight is 404 g/mol. The van der Waals surface area contributed by atoms with Crippen molar-refractivity contribution in [1.82, 2.24) is 10.8 Å². The van der Waals surface area contributed by atoms with Crippen molar-refractivity contribution in [1.29, 1.82) is 0 Å². The Bertz CT molecular complexity index is 554. The molecule has 8 N–H and O–H groups in total. The van der Waals surface area contributed by atoms with Crippen molar-refractivity contribution in [3.8, 4) is 0 Å². The van der Waals surface area contributed by atoms with E-state index in [1.54, 1.807) is 11.4 Å². The molecule has 11 heteroatoms. The van der Waals surface area contributed by atoms with E-state index in [0.29, 0.717) is 6.54 Å². The van der Waals surface area contributed by atoms with E-state index in [9.17, 15) is 15.3 Å². The van der Waals surface area contributed by atoms with Gasteiger partial charge in [-0.2, -0.15) is 5.48 Å². The molecule has 1 fully saturated rings. The van der Waals surface area contributed by atoms with Crippen LogP contribution in [0.2, 0.25) is 0 Å². The normalized spacial score (nSPS) is 28.3. The minimum atomic E-state index is -1.44. The van der Waals surface area contributed by atoms with E-state index in [0.717, 1.165) is 36.6 Å². The number of hydrogen-bond acceptors (Lipinski definition) is 11. The molecule has 2 rings (SSSR count). The standard InChI is InChI=1S/C16H28N4O6S/c1-20(11-4-2-10(3-5-11)8-18-7-6-17)27-26-19-13-15(23)14(22)12(9-21)25-16(13)24/h2-5,12-16,18-19,21-24H,6-9,17H2,1H3. The highest BCUT2D eigenvalue weighted by atomic mass is 32.2. The Morgan fingerprint density at radius 1 is 1.22 bits per heavy atom. The smallest absolute Gasteiger partial charge is 0.175 e. The SMILES string of the molecule is CN(SONC1C(O)OC(CO)C(O)C1O)c1ccc(CNCCN)cc1. The Morgan fingerprint density at radius 2 is 1.93 bits per heavy atom. The third-order valence-electron chi connectivity index (χ3n) is 4.18. The molecule has 0 saturated carbocycles. The Balaban J connectivity index is 1.79. The molecule has 0 radical (unpaired) electrons. The van der Waals surface area contributed by atoms with Crippen LogP contribution >= 0.6 is 12.2 Å². The first-order valence-corrected chi connectivity index (χ1v) is 9.31. The lowest BCUT2D eigenvalue weighted by Crippen LogP contribution is -2.63. The first-order chi connectivity index (χ1) is 13.0. The quantitative estimate of drug-likeness (QED) is 0.101. The lowest BCUT2D eigenvalue weighted by molar-refractivity contribution is -0.263. The Morgan fingerprint density at radius 3 is 2.56 bits per heavy atom. The Hall–Kier alpha value is -0.990. The van der Waals surface area contributed by atoms with Gasteiger partial charge in [0.25, 0.3) is 0 Å². The van der Waals surface area contributed by atoms with Crippen LogP contribution in [0.25, 0.3) is 0 Å². The van der Waals surface area contributed by atoms with Gasteiger partial charge in [-0.1, -0.05) is 12.1 Å². The third kappa shape index (κ3) is 6.26. The van der Waals surface area contributed by atoms with Gasteiger partial charge in [-0.3, -0.25) is 4.31 Å². The number of hydroxylamine groups is 1. The van der Waals surface area contributed by atoms with Crippen molar-refractivity contribution in [3.05, 3.63) is 29.8 Å². The second kappa shape index (κ2) is 11.1. The highest BCUT2D eigenvalue weighted by Crippen LogP contribution is 2.23. The van der Waals surface area contributed by atoms with Crippen LogP contribution in [0.5, 0.6) is 0 Å². The number of aliphatic hydroxyl groups excluding tert-OH is 4. The summed E-state index contributed by atoms with van der Waals surface area (Å²) >= 11 is 0.944. The van der Waals surface area contributed by atoms with Gasteiger partial charge in [0, 0.05) is 32.4 Å². The van der Waals surface area contributed by atoms with Gasteiger partial charge in [-0.15, -0.1) is 0 Å². The zero-order chi connectivity index (χ0) is 19.8. The van der Waals surface area contributed by atoms with Gasteiger partial charge < -0.3 is 36.2 Å². The lowest BCUT2D eigenvalue weighted by atomic mass is 9.98. The monoisotopic (exact) mass is 404 g/mol. The van der Waals surface area contributed by atoms with Crippen molar-refractivity contribution < 1.29 is 29.4 Å². The molecular weight excluding hydrogens is 376 g/mol. The highest BCUT2D eigenvalue weighted by molar-refractivity contribution is 7.96. The first-order valence-electron chi connectivity index (χ1n) is 8.61. The predicted octanol–water partition coefficient (Wildman–Crippen LogP) is -1.94. The number of hydrogen-bond donors (Lipinski definition) is 7. The number of anilines is 1. The first kappa shape index (κ1) is 22.3. The fraction of sp³-hybridized carbons (Fsp3) is 0.625. The molecule has 27 heavy (non-hydrogen) atoms. The summed E-state index contributed by atoms with van der Waals surface area (Å²) in [4.78, 5) is 0. The minimum Gasteiger partial charge on any atom is -0.394 e. The van der Waals surface area contributed by atoms with E-state index in [4.69, 9.17) is 19.9 Å². The zero-order valence-electron chi connectivity index (χ0n) is 15.1. The van der Waals surface area contributed by atoms with E-state index in [-0.39, 0.29) is 0 Å². The van der Waals surface area contributed by atoms with Crippen LogP contribution in [0, 0.1) is 0 Å².